The van der Waals surface area contributed by atoms with E-state index in [1.807, 2.05) is 0 Å². The molecule has 4 bridgehead atoms. The number of carboxylic acids is 1. The fraction of sp³-hybridized carbons (Fsp3) is 0.641. The number of nitrogens with zero attached hydrogens (tertiary/aromatic N) is 4. The number of hydrogen-bond donors (Lipinski definition) is 2. The summed E-state index contributed by atoms with van der Waals surface area (Å²) in [4.78, 5) is 36.0. The van der Waals surface area contributed by atoms with Crippen molar-refractivity contribution in [2.24, 2.45) is 29.6 Å². The number of nitrogens with one attached hydrogen (secondary N) is 1. The molecule has 2 atom stereocenters. The minimum absolute atomic E-state index is 0.0819. The Hall–Kier alpha value is -4.02. The first kappa shape index (κ1) is 38.8. The van der Waals surface area contributed by atoms with E-state index in [4.69, 9.17) is 4.74 Å². The summed E-state index contributed by atoms with van der Waals surface area (Å²) in [5.74, 6) is -5.76. The molecule has 9 rings (SSSR count). The van der Waals surface area contributed by atoms with Gasteiger partial charge in [0.05, 0.1) is 17.6 Å². The molecule has 5 saturated carbocycles. The van der Waals surface area contributed by atoms with E-state index in [1.165, 1.54) is 11.1 Å². The number of carboxylic acid groups (broad SMARTS) is 1. The number of piperidine rings is 1. The van der Waals surface area contributed by atoms with Crippen LogP contribution in [0.15, 0.2) is 30.6 Å². The lowest BCUT2D eigenvalue weighted by Gasteiger charge is -2.59. The van der Waals surface area contributed by atoms with Crippen LogP contribution in [-0.2, 0) is 11.0 Å². The van der Waals surface area contributed by atoms with Crippen LogP contribution in [0.1, 0.15) is 93.2 Å². The zero-order valence-corrected chi connectivity index (χ0v) is 30.6. The molecule has 17 heteroatoms. The summed E-state index contributed by atoms with van der Waals surface area (Å²) in [6.07, 6.45) is -4.59. The molecule has 1 aromatic carbocycles. The van der Waals surface area contributed by atoms with Crippen molar-refractivity contribution in [3.05, 3.63) is 41.9 Å². The Morgan fingerprint density at radius 3 is 2.23 bits per heavy atom. The molecule has 3 heterocycles. The number of carbonyl (C=O) groups is 2. The molecule has 6 fully saturated rings. The lowest BCUT2D eigenvalue weighted by atomic mass is 9.48. The van der Waals surface area contributed by atoms with Crippen molar-refractivity contribution in [2.75, 3.05) is 19.6 Å². The van der Waals surface area contributed by atoms with Gasteiger partial charge in [-0.25, -0.2) is 23.5 Å². The van der Waals surface area contributed by atoms with Gasteiger partial charge in [0.25, 0.3) is 5.91 Å². The maximum absolute atomic E-state index is 14.8. The number of hydrogen-bond acceptors (Lipinski definition) is 6. The molecule has 0 radical (unpaired) electrons. The molecule has 2 N–H and O–H groups in total. The number of carbonyl (C=O) groups excluding carboxylic acids is 1. The first-order chi connectivity index (χ1) is 26.3. The smallest absolute Gasteiger partial charge is 0.434 e. The van der Waals surface area contributed by atoms with Gasteiger partial charge in [-0.3, -0.25) is 9.69 Å². The highest BCUT2D eigenvalue weighted by molar-refractivity contribution is 6.00. The number of ether oxygens (including phenoxy) is 1. The van der Waals surface area contributed by atoms with Gasteiger partial charge in [-0.2, -0.15) is 26.3 Å². The predicted octanol–water partition coefficient (Wildman–Crippen LogP) is 8.53. The molecular weight excluding hydrogens is 754 g/mol. The number of aromatic nitrogens is 3. The molecule has 0 spiro atoms. The van der Waals surface area contributed by atoms with E-state index in [-0.39, 0.29) is 43.2 Å². The molecule has 9 nitrogen and oxygen atoms in total. The first-order valence-electron chi connectivity index (χ1n) is 19.3. The molecule has 304 valence electrons. The Morgan fingerprint density at radius 2 is 1.64 bits per heavy atom. The molecule has 1 saturated heterocycles. The molecule has 1 aliphatic heterocycles. The Labute approximate surface area is 317 Å². The standard InChI is InChI=1S/C39H43F8N5O4/c1-20-17-51(19-37(42,43)44)9-6-31(20)56-26-2-3-27-29(18-52(30(27)15-26)25-4-7-36(40,41)8-5-25)33-48-16-28(32(49-33)39(45,46)47)34(53)50-38(35(54)55)23-11-21-10-22(13-23)14-24(38)12-21/h2-3,15-16,18,20-25,31H,4-14,17,19H2,1H3,(H,50,53)(H,54,55). The van der Waals surface area contributed by atoms with Crippen molar-refractivity contribution in [3.63, 3.8) is 0 Å². The maximum atomic E-state index is 14.8. The summed E-state index contributed by atoms with van der Waals surface area (Å²) in [5.41, 5.74) is -3.53. The van der Waals surface area contributed by atoms with Crippen molar-refractivity contribution in [3.8, 4) is 17.1 Å². The fourth-order valence-electron chi connectivity index (χ4n) is 10.7. The zero-order chi connectivity index (χ0) is 39.9. The summed E-state index contributed by atoms with van der Waals surface area (Å²) < 4.78 is 120. The third-order valence-corrected chi connectivity index (χ3v) is 13.1. The van der Waals surface area contributed by atoms with Gasteiger partial charge in [0.15, 0.2) is 11.5 Å². The van der Waals surface area contributed by atoms with Gasteiger partial charge in [-0.15, -0.1) is 0 Å². The molecular formula is C39H43F8N5O4. The minimum atomic E-state index is -5.13. The van der Waals surface area contributed by atoms with Gasteiger partial charge >= 0.3 is 18.3 Å². The number of alkyl halides is 8. The average Bonchev–Trinajstić information content (AvgIpc) is 3.48. The largest absolute Gasteiger partial charge is 0.490 e. The van der Waals surface area contributed by atoms with Crippen molar-refractivity contribution in [2.45, 2.75) is 107 Å². The normalized spacial score (nSPS) is 30.8. The van der Waals surface area contributed by atoms with Gasteiger partial charge < -0.3 is 19.7 Å². The van der Waals surface area contributed by atoms with E-state index < -0.39 is 90.3 Å². The molecule has 2 aromatic heterocycles. The van der Waals surface area contributed by atoms with Crippen LogP contribution in [0.4, 0.5) is 35.1 Å². The van der Waals surface area contributed by atoms with Crippen LogP contribution in [0.3, 0.4) is 0 Å². The second-order valence-corrected chi connectivity index (χ2v) is 16.9. The highest BCUT2D eigenvalue weighted by Gasteiger charge is 2.62. The van der Waals surface area contributed by atoms with Crippen LogP contribution in [0.5, 0.6) is 5.75 Å². The Balaban J connectivity index is 1.12. The average molecular weight is 798 g/mol. The second-order valence-electron chi connectivity index (χ2n) is 16.9. The van der Waals surface area contributed by atoms with Gasteiger partial charge in [0, 0.05) is 67.3 Å². The number of amides is 1. The maximum Gasteiger partial charge on any atom is 0.434 e. The van der Waals surface area contributed by atoms with E-state index in [0.29, 0.717) is 60.6 Å². The third kappa shape index (κ3) is 7.21. The first-order valence-corrected chi connectivity index (χ1v) is 19.3. The van der Waals surface area contributed by atoms with Crippen LogP contribution in [-0.4, -0.2) is 79.8 Å². The number of aliphatic carboxylic acids is 1. The van der Waals surface area contributed by atoms with Gasteiger partial charge in [-0.1, -0.05) is 6.92 Å². The van der Waals surface area contributed by atoms with Crippen LogP contribution in [0.2, 0.25) is 0 Å². The molecule has 5 aliphatic carbocycles. The third-order valence-electron chi connectivity index (χ3n) is 13.1. The predicted molar refractivity (Wildman–Crippen MR) is 186 cm³/mol. The van der Waals surface area contributed by atoms with Gasteiger partial charge in [0.2, 0.25) is 5.92 Å². The Kier molecular flexibility index (Phi) is 9.59. The summed E-state index contributed by atoms with van der Waals surface area (Å²) in [6, 6.07) is 4.37. The molecule has 3 aromatic rings. The lowest BCUT2D eigenvalue weighted by Crippen LogP contribution is -2.70. The fourth-order valence-corrected chi connectivity index (χ4v) is 10.7. The van der Waals surface area contributed by atoms with Crippen molar-refractivity contribution >= 4 is 22.8 Å². The zero-order valence-electron chi connectivity index (χ0n) is 30.6. The Morgan fingerprint density at radius 1 is 0.982 bits per heavy atom. The summed E-state index contributed by atoms with van der Waals surface area (Å²) in [7, 11) is 0. The van der Waals surface area contributed by atoms with Crippen molar-refractivity contribution < 1.29 is 54.6 Å². The molecule has 56 heavy (non-hydrogen) atoms. The quantitative estimate of drug-likeness (QED) is 0.220. The van der Waals surface area contributed by atoms with E-state index in [0.717, 1.165) is 12.6 Å². The van der Waals surface area contributed by atoms with Crippen molar-refractivity contribution in [1.29, 1.82) is 0 Å². The number of fused-ring (bicyclic) bond motifs is 1. The summed E-state index contributed by atoms with van der Waals surface area (Å²) >= 11 is 0. The summed E-state index contributed by atoms with van der Waals surface area (Å²) in [5, 5.41) is 13.4. The molecule has 1 amide bonds. The number of likely N-dealkylation sites (tertiary alicyclic amines) is 1. The monoisotopic (exact) mass is 797 g/mol. The van der Waals surface area contributed by atoms with Crippen molar-refractivity contribution in [1.82, 2.24) is 24.8 Å². The highest BCUT2D eigenvalue weighted by Crippen LogP contribution is 2.58. The van der Waals surface area contributed by atoms with Crippen LogP contribution in [0, 0.1) is 29.6 Å². The second kappa shape index (κ2) is 13.8. The number of benzene rings is 1. The van der Waals surface area contributed by atoms with E-state index >= 15 is 0 Å². The lowest BCUT2D eigenvalue weighted by molar-refractivity contribution is -0.163. The van der Waals surface area contributed by atoms with E-state index in [1.54, 1.807) is 29.7 Å². The van der Waals surface area contributed by atoms with Gasteiger partial charge in [-0.05, 0) is 87.2 Å². The Bertz CT molecular complexity index is 1980. The van der Waals surface area contributed by atoms with Crippen LogP contribution < -0.4 is 10.1 Å². The van der Waals surface area contributed by atoms with E-state index in [9.17, 15) is 49.8 Å². The minimum Gasteiger partial charge on any atom is -0.490 e. The molecule has 6 aliphatic rings. The SMILES string of the molecule is CC1CN(CC(F)(F)F)CCC1Oc1ccc2c(-c3ncc(C(=O)NC4(C(=O)O)C5CC6CC(C5)CC4C6)c(C(F)(F)F)n3)cn(C3CCC(F)(F)CC3)c2c1. The number of rotatable bonds is 8. The van der Waals surface area contributed by atoms with Gasteiger partial charge in [0.1, 0.15) is 17.4 Å². The molecule has 2 unspecified atom stereocenters. The highest BCUT2D eigenvalue weighted by atomic mass is 19.4. The van der Waals surface area contributed by atoms with E-state index in [2.05, 4.69) is 15.3 Å². The number of halogens is 8. The summed E-state index contributed by atoms with van der Waals surface area (Å²) in [6.45, 7) is 1.09. The van der Waals surface area contributed by atoms with Crippen LogP contribution in [0.25, 0.3) is 22.3 Å². The topological polar surface area (TPSA) is 110 Å². The van der Waals surface area contributed by atoms with Crippen LogP contribution >= 0.6 is 0 Å².